The molecule has 1 heterocycles. The number of aromatic hydroxyl groups is 1. The zero-order valence-corrected chi connectivity index (χ0v) is 13.0. The van der Waals surface area contributed by atoms with Crippen LogP contribution in [0.15, 0.2) is 59.4 Å². The molecule has 0 fully saturated rings. The summed E-state index contributed by atoms with van der Waals surface area (Å²) in [6.07, 6.45) is 0. The first-order valence-electron chi connectivity index (χ1n) is 6.30. The molecule has 2 N–H and O–H groups in total. The van der Waals surface area contributed by atoms with Gasteiger partial charge in [0, 0.05) is 11.1 Å². The highest BCUT2D eigenvalue weighted by Gasteiger charge is 2.12. The van der Waals surface area contributed by atoms with Gasteiger partial charge in [0.2, 0.25) is 0 Å². The van der Waals surface area contributed by atoms with Crippen molar-refractivity contribution in [2.24, 2.45) is 0 Å². The van der Waals surface area contributed by atoms with Crippen LogP contribution >= 0.6 is 22.6 Å². The quantitative estimate of drug-likeness (QED) is 0.660. The van der Waals surface area contributed by atoms with Gasteiger partial charge in [-0.3, -0.25) is 4.79 Å². The predicted octanol–water partition coefficient (Wildman–Crippen LogP) is 3.41. The molecule has 0 aliphatic carbocycles. The summed E-state index contributed by atoms with van der Waals surface area (Å²) in [5.41, 5.74) is 2.00. The molecular formula is C16H11IN2O2. The van der Waals surface area contributed by atoms with E-state index < -0.39 is 0 Å². The van der Waals surface area contributed by atoms with Gasteiger partial charge in [0.25, 0.3) is 5.56 Å². The van der Waals surface area contributed by atoms with Crippen LogP contribution in [0.2, 0.25) is 0 Å². The van der Waals surface area contributed by atoms with E-state index in [-0.39, 0.29) is 11.3 Å². The van der Waals surface area contributed by atoms with E-state index in [2.05, 4.69) is 9.97 Å². The molecular weight excluding hydrogens is 379 g/mol. The molecule has 1 aromatic heterocycles. The Morgan fingerprint density at radius 2 is 1.71 bits per heavy atom. The number of phenols is 1. The van der Waals surface area contributed by atoms with Crippen LogP contribution in [0, 0.1) is 3.57 Å². The third-order valence-electron chi connectivity index (χ3n) is 3.03. The molecule has 0 bridgehead atoms. The van der Waals surface area contributed by atoms with Crippen LogP contribution in [-0.4, -0.2) is 15.1 Å². The first kappa shape index (κ1) is 13.8. The Hall–Kier alpha value is -2.15. The predicted molar refractivity (Wildman–Crippen MR) is 90.1 cm³/mol. The minimum absolute atomic E-state index is 0.134. The first-order valence-corrected chi connectivity index (χ1v) is 7.37. The minimum Gasteiger partial charge on any atom is -0.508 e. The lowest BCUT2D eigenvalue weighted by molar-refractivity contribution is 0.475. The lowest BCUT2D eigenvalue weighted by Crippen LogP contribution is -2.14. The van der Waals surface area contributed by atoms with E-state index in [0.29, 0.717) is 20.7 Å². The second-order valence-electron chi connectivity index (χ2n) is 4.49. The van der Waals surface area contributed by atoms with E-state index in [1.54, 1.807) is 24.3 Å². The van der Waals surface area contributed by atoms with Gasteiger partial charge in [-0.1, -0.05) is 42.5 Å². The minimum atomic E-state index is -0.192. The monoisotopic (exact) mass is 390 g/mol. The average molecular weight is 390 g/mol. The maximum Gasteiger partial charge on any atom is 0.265 e. The summed E-state index contributed by atoms with van der Waals surface area (Å²) < 4.78 is 0.544. The SMILES string of the molecule is O=c1[nH]c(-c2cccc(O)c2)nc(-c2ccccc2)c1I. The van der Waals surface area contributed by atoms with Gasteiger partial charge in [-0.2, -0.15) is 0 Å². The Morgan fingerprint density at radius 1 is 1.00 bits per heavy atom. The fourth-order valence-corrected chi connectivity index (χ4v) is 2.60. The van der Waals surface area contributed by atoms with Crippen LogP contribution in [0.3, 0.4) is 0 Å². The fraction of sp³-hybridized carbons (Fsp3) is 0. The maximum atomic E-state index is 12.1. The Labute approximate surface area is 134 Å². The maximum absolute atomic E-state index is 12.1. The van der Waals surface area contributed by atoms with Crippen molar-refractivity contribution in [1.29, 1.82) is 0 Å². The molecule has 0 saturated heterocycles. The second kappa shape index (κ2) is 5.69. The van der Waals surface area contributed by atoms with Gasteiger partial charge in [0.05, 0.1) is 5.69 Å². The molecule has 0 saturated carbocycles. The number of halogens is 1. The number of H-pyrrole nitrogens is 1. The van der Waals surface area contributed by atoms with Gasteiger partial charge < -0.3 is 10.1 Å². The standard InChI is InChI=1S/C16H11IN2O2/c17-13-14(10-5-2-1-3-6-10)18-15(19-16(13)21)11-7-4-8-12(20)9-11/h1-9,20H,(H,18,19,21). The van der Waals surface area contributed by atoms with Gasteiger partial charge in [-0.25, -0.2) is 4.98 Å². The number of aromatic nitrogens is 2. The number of nitrogens with one attached hydrogen (secondary N) is 1. The van der Waals surface area contributed by atoms with Crippen molar-refractivity contribution in [3.63, 3.8) is 0 Å². The van der Waals surface area contributed by atoms with Crippen molar-refractivity contribution in [3.05, 3.63) is 68.5 Å². The average Bonchev–Trinajstić information content (AvgIpc) is 2.51. The summed E-state index contributed by atoms with van der Waals surface area (Å²) in [5.74, 6) is 0.574. The Kier molecular flexibility index (Phi) is 3.74. The molecule has 0 aliphatic heterocycles. The Bertz CT molecular complexity index is 844. The zero-order valence-electron chi connectivity index (χ0n) is 10.9. The van der Waals surface area contributed by atoms with Gasteiger partial charge >= 0.3 is 0 Å². The highest BCUT2D eigenvalue weighted by atomic mass is 127. The van der Waals surface area contributed by atoms with E-state index in [1.807, 2.05) is 52.9 Å². The van der Waals surface area contributed by atoms with Crippen LogP contribution in [0.4, 0.5) is 0 Å². The zero-order chi connectivity index (χ0) is 14.8. The number of rotatable bonds is 2. The van der Waals surface area contributed by atoms with E-state index in [1.165, 1.54) is 0 Å². The largest absolute Gasteiger partial charge is 0.508 e. The smallest absolute Gasteiger partial charge is 0.265 e. The van der Waals surface area contributed by atoms with Crippen molar-refractivity contribution in [2.45, 2.75) is 0 Å². The lowest BCUT2D eigenvalue weighted by atomic mass is 10.1. The van der Waals surface area contributed by atoms with E-state index in [0.717, 1.165) is 5.56 Å². The highest BCUT2D eigenvalue weighted by Crippen LogP contribution is 2.24. The number of hydrogen-bond donors (Lipinski definition) is 2. The van der Waals surface area contributed by atoms with Crippen LogP contribution in [0.5, 0.6) is 5.75 Å². The summed E-state index contributed by atoms with van der Waals surface area (Å²) in [6.45, 7) is 0. The van der Waals surface area contributed by atoms with Crippen LogP contribution in [0.1, 0.15) is 0 Å². The molecule has 0 unspecified atom stereocenters. The third-order valence-corrected chi connectivity index (χ3v) is 4.03. The molecule has 4 nitrogen and oxygen atoms in total. The molecule has 0 amide bonds. The van der Waals surface area contributed by atoms with Crippen molar-refractivity contribution < 1.29 is 5.11 Å². The number of benzene rings is 2. The summed E-state index contributed by atoms with van der Waals surface area (Å²) in [5, 5.41) is 9.56. The summed E-state index contributed by atoms with van der Waals surface area (Å²) >= 11 is 2.00. The van der Waals surface area contributed by atoms with Crippen molar-refractivity contribution in [2.75, 3.05) is 0 Å². The van der Waals surface area contributed by atoms with Gasteiger partial charge in [0.1, 0.15) is 15.1 Å². The lowest BCUT2D eigenvalue weighted by Gasteiger charge is -2.07. The van der Waals surface area contributed by atoms with Crippen molar-refractivity contribution in [3.8, 4) is 28.4 Å². The van der Waals surface area contributed by atoms with Crippen LogP contribution in [-0.2, 0) is 0 Å². The molecule has 0 atom stereocenters. The van der Waals surface area contributed by atoms with Crippen molar-refractivity contribution >= 4 is 22.6 Å². The van der Waals surface area contributed by atoms with Crippen molar-refractivity contribution in [1.82, 2.24) is 9.97 Å². The molecule has 21 heavy (non-hydrogen) atoms. The third kappa shape index (κ3) is 2.82. The summed E-state index contributed by atoms with van der Waals surface area (Å²) in [4.78, 5) is 19.4. The number of hydrogen-bond acceptors (Lipinski definition) is 3. The van der Waals surface area contributed by atoms with E-state index in [9.17, 15) is 9.90 Å². The molecule has 104 valence electrons. The fourth-order valence-electron chi connectivity index (χ4n) is 2.04. The number of aromatic amines is 1. The summed E-state index contributed by atoms with van der Waals surface area (Å²) in [7, 11) is 0. The van der Waals surface area contributed by atoms with E-state index >= 15 is 0 Å². The van der Waals surface area contributed by atoms with Crippen LogP contribution in [0.25, 0.3) is 22.6 Å². The molecule has 5 heteroatoms. The summed E-state index contributed by atoms with van der Waals surface area (Å²) in [6, 6.07) is 16.2. The number of nitrogens with zero attached hydrogens (tertiary/aromatic N) is 1. The molecule has 3 rings (SSSR count). The molecule has 3 aromatic rings. The highest BCUT2D eigenvalue weighted by molar-refractivity contribution is 14.1. The van der Waals surface area contributed by atoms with Crippen LogP contribution < -0.4 is 5.56 Å². The molecule has 0 aliphatic rings. The number of phenolic OH excluding ortho intramolecular Hbond substituents is 1. The first-order chi connectivity index (χ1) is 10.1. The van der Waals surface area contributed by atoms with Gasteiger partial charge in [-0.15, -0.1) is 0 Å². The molecule has 0 spiro atoms. The normalized spacial score (nSPS) is 10.5. The molecule has 0 radical (unpaired) electrons. The van der Waals surface area contributed by atoms with E-state index in [4.69, 9.17) is 0 Å². The topological polar surface area (TPSA) is 66.0 Å². The molecule has 2 aromatic carbocycles. The Balaban J connectivity index is 2.21. The second-order valence-corrected chi connectivity index (χ2v) is 5.57. The van der Waals surface area contributed by atoms with Gasteiger partial charge in [0.15, 0.2) is 0 Å². The van der Waals surface area contributed by atoms with Gasteiger partial charge in [-0.05, 0) is 34.7 Å². The Morgan fingerprint density at radius 3 is 2.43 bits per heavy atom.